The number of hydrogen-bond acceptors (Lipinski definition) is 7. The molecule has 1 aromatic heterocycles. The van der Waals surface area contributed by atoms with Crippen LogP contribution in [0.15, 0.2) is 42.7 Å². The number of aromatic nitrogens is 2. The smallest absolute Gasteiger partial charge is 0.248 e. The van der Waals surface area contributed by atoms with Crippen LogP contribution in [0, 0.1) is 0 Å². The number of nitrogens with one attached hydrogen (secondary N) is 2. The normalized spacial score (nSPS) is 13.0. The Bertz CT molecular complexity index is 1020. The fourth-order valence-electron chi connectivity index (χ4n) is 2.63. The van der Waals surface area contributed by atoms with Gasteiger partial charge < -0.3 is 25.6 Å². The first-order valence-electron chi connectivity index (χ1n) is 8.95. The van der Waals surface area contributed by atoms with Gasteiger partial charge in [-0.15, -0.1) is 0 Å². The summed E-state index contributed by atoms with van der Waals surface area (Å²) in [4.78, 5) is 20.2. The van der Waals surface area contributed by atoms with Crippen LogP contribution in [0.2, 0.25) is 5.02 Å². The summed E-state index contributed by atoms with van der Waals surface area (Å²) in [6, 6.07) is 9.85. The molecule has 0 bridgehead atoms. The summed E-state index contributed by atoms with van der Waals surface area (Å²) in [5.41, 5.74) is 1.31. The van der Waals surface area contributed by atoms with Gasteiger partial charge in [-0.2, -0.15) is 0 Å². The van der Waals surface area contributed by atoms with E-state index in [1.807, 2.05) is 12.1 Å². The zero-order valence-electron chi connectivity index (χ0n) is 15.9. The molecular weight excluding hydrogens is 396 g/mol. The second-order valence-corrected chi connectivity index (χ2v) is 6.97. The van der Waals surface area contributed by atoms with Gasteiger partial charge in [0.15, 0.2) is 0 Å². The maximum absolute atomic E-state index is 11.6. The minimum Gasteiger partial charge on any atom is -0.506 e. The number of ether oxygens (including phenoxy) is 1. The molecule has 4 N–H and O–H groups in total. The Morgan fingerprint density at radius 1 is 1.24 bits per heavy atom. The maximum Gasteiger partial charge on any atom is 0.248 e. The summed E-state index contributed by atoms with van der Waals surface area (Å²) >= 11 is 5.98. The predicted octanol–water partition coefficient (Wildman–Crippen LogP) is 3.00. The monoisotopic (exact) mass is 416 g/mol. The number of benzene rings is 2. The third-order valence-corrected chi connectivity index (χ3v) is 4.39. The summed E-state index contributed by atoms with van der Waals surface area (Å²) in [5.74, 6) is 0.567. The number of aromatic hydroxyl groups is 1. The van der Waals surface area contributed by atoms with Gasteiger partial charge in [0.05, 0.1) is 22.0 Å². The third kappa shape index (κ3) is 5.04. The fraction of sp³-hybridized carbons (Fsp3) is 0.250. The zero-order chi connectivity index (χ0) is 21.0. The van der Waals surface area contributed by atoms with E-state index in [1.54, 1.807) is 25.1 Å². The van der Waals surface area contributed by atoms with Crippen LogP contribution < -0.4 is 15.4 Å². The van der Waals surface area contributed by atoms with E-state index in [0.29, 0.717) is 28.2 Å². The summed E-state index contributed by atoms with van der Waals surface area (Å²) < 4.78 is 5.90. The van der Waals surface area contributed by atoms with Crippen LogP contribution in [-0.4, -0.2) is 44.8 Å². The van der Waals surface area contributed by atoms with Crippen LogP contribution >= 0.6 is 11.6 Å². The van der Waals surface area contributed by atoms with E-state index in [2.05, 4.69) is 20.6 Å². The second kappa shape index (κ2) is 8.93. The van der Waals surface area contributed by atoms with Crippen LogP contribution in [0.25, 0.3) is 10.9 Å². The lowest BCUT2D eigenvalue weighted by atomic mass is 10.2. The van der Waals surface area contributed by atoms with E-state index >= 15 is 0 Å². The van der Waals surface area contributed by atoms with Crippen molar-refractivity contribution in [2.24, 2.45) is 0 Å². The number of aliphatic hydroxyl groups excluding tert-OH is 1. The fourth-order valence-corrected chi connectivity index (χ4v) is 2.82. The second-order valence-electron chi connectivity index (χ2n) is 6.56. The molecule has 0 aliphatic rings. The molecule has 0 radical (unpaired) electrons. The van der Waals surface area contributed by atoms with E-state index in [1.165, 1.54) is 19.3 Å². The number of fused-ring (bicyclic) bond motifs is 1. The molecule has 0 saturated heterocycles. The van der Waals surface area contributed by atoms with E-state index in [9.17, 15) is 15.0 Å². The Morgan fingerprint density at radius 3 is 2.76 bits per heavy atom. The minimum absolute atomic E-state index is 0.0120. The van der Waals surface area contributed by atoms with Crippen LogP contribution in [-0.2, 0) is 4.79 Å². The van der Waals surface area contributed by atoms with Gasteiger partial charge in [0.2, 0.25) is 5.91 Å². The van der Waals surface area contributed by atoms with Gasteiger partial charge in [-0.05, 0) is 44.2 Å². The molecule has 2 aromatic carbocycles. The summed E-state index contributed by atoms with van der Waals surface area (Å²) in [6.45, 7) is 3.37. The number of carbonyl (C=O) groups is 1. The first kappa shape index (κ1) is 20.6. The Labute approximate surface area is 172 Å². The SMILES string of the molecule is CC(COc1cccc2ncnc(Nc3ccc(O)c(Cl)c3)c12)NC(=O)C(C)O. The van der Waals surface area contributed by atoms with E-state index in [4.69, 9.17) is 16.3 Å². The van der Waals surface area contributed by atoms with Gasteiger partial charge in [0, 0.05) is 5.69 Å². The number of rotatable bonds is 7. The number of phenolic OH excluding ortho intramolecular Hbond substituents is 1. The van der Waals surface area contributed by atoms with E-state index < -0.39 is 12.0 Å². The van der Waals surface area contributed by atoms with E-state index in [0.717, 1.165) is 0 Å². The first-order chi connectivity index (χ1) is 13.8. The van der Waals surface area contributed by atoms with Crippen molar-refractivity contribution in [1.82, 2.24) is 15.3 Å². The van der Waals surface area contributed by atoms with Crippen LogP contribution in [0.1, 0.15) is 13.8 Å². The molecule has 0 aliphatic carbocycles. The molecule has 1 amide bonds. The van der Waals surface area contributed by atoms with Crippen LogP contribution in [0.4, 0.5) is 11.5 Å². The number of hydrogen-bond donors (Lipinski definition) is 4. The summed E-state index contributed by atoms with van der Waals surface area (Å²) in [5, 5.41) is 25.6. The third-order valence-electron chi connectivity index (χ3n) is 4.09. The molecule has 3 aromatic rings. The highest BCUT2D eigenvalue weighted by molar-refractivity contribution is 6.32. The molecule has 0 saturated carbocycles. The largest absolute Gasteiger partial charge is 0.506 e. The Morgan fingerprint density at radius 2 is 2.03 bits per heavy atom. The number of aliphatic hydroxyl groups is 1. The standard InChI is InChI=1S/C20H21ClN4O4/c1-11(24-20(28)12(2)26)9-29-17-5-3-4-15-18(17)19(23-10-22-15)25-13-6-7-16(27)14(21)8-13/h3-8,10-12,26-27H,9H2,1-2H3,(H,24,28)(H,22,23,25). The quantitative estimate of drug-likeness (QED) is 0.437. The Hall–Kier alpha value is -3.10. The van der Waals surface area contributed by atoms with Gasteiger partial charge in [-0.3, -0.25) is 4.79 Å². The van der Waals surface area contributed by atoms with Gasteiger partial charge in [-0.1, -0.05) is 17.7 Å². The lowest BCUT2D eigenvalue weighted by molar-refractivity contribution is -0.129. The zero-order valence-corrected chi connectivity index (χ0v) is 16.6. The topological polar surface area (TPSA) is 117 Å². The number of phenols is 1. The lowest BCUT2D eigenvalue weighted by Gasteiger charge is -2.18. The molecule has 9 heteroatoms. The molecule has 2 atom stereocenters. The van der Waals surface area contributed by atoms with Crippen LogP contribution in [0.3, 0.4) is 0 Å². The molecule has 0 aliphatic heterocycles. The van der Waals surface area contributed by atoms with Crippen molar-refractivity contribution in [3.05, 3.63) is 47.7 Å². The van der Waals surface area contributed by atoms with Gasteiger partial charge in [-0.25, -0.2) is 9.97 Å². The minimum atomic E-state index is -1.09. The Balaban J connectivity index is 1.85. The molecule has 1 heterocycles. The van der Waals surface area contributed by atoms with Crippen molar-refractivity contribution in [3.8, 4) is 11.5 Å². The number of amides is 1. The summed E-state index contributed by atoms with van der Waals surface area (Å²) in [7, 11) is 0. The highest BCUT2D eigenvalue weighted by Gasteiger charge is 2.15. The van der Waals surface area contributed by atoms with Crippen molar-refractivity contribution < 1.29 is 19.7 Å². The number of halogens is 1. The molecule has 3 rings (SSSR count). The predicted molar refractivity (Wildman–Crippen MR) is 111 cm³/mol. The van der Waals surface area contributed by atoms with Gasteiger partial charge in [0.25, 0.3) is 0 Å². The molecule has 8 nitrogen and oxygen atoms in total. The molecule has 29 heavy (non-hydrogen) atoms. The number of anilines is 2. The van der Waals surface area contributed by atoms with Gasteiger partial charge >= 0.3 is 0 Å². The average Bonchev–Trinajstić information content (AvgIpc) is 2.69. The highest BCUT2D eigenvalue weighted by atomic mass is 35.5. The van der Waals surface area contributed by atoms with Crippen molar-refractivity contribution in [1.29, 1.82) is 0 Å². The number of carbonyl (C=O) groups excluding carboxylic acids is 1. The molecular formula is C20H21ClN4O4. The lowest BCUT2D eigenvalue weighted by Crippen LogP contribution is -2.41. The summed E-state index contributed by atoms with van der Waals surface area (Å²) in [6.07, 6.45) is 0.346. The van der Waals surface area contributed by atoms with Crippen molar-refractivity contribution >= 4 is 39.9 Å². The Kier molecular flexibility index (Phi) is 6.36. The van der Waals surface area contributed by atoms with Gasteiger partial charge in [0.1, 0.15) is 36.4 Å². The van der Waals surface area contributed by atoms with E-state index in [-0.39, 0.29) is 23.4 Å². The maximum atomic E-state index is 11.6. The number of nitrogens with zero attached hydrogens (tertiary/aromatic N) is 2. The molecule has 2 unspecified atom stereocenters. The molecule has 0 spiro atoms. The van der Waals surface area contributed by atoms with Crippen molar-refractivity contribution in [2.75, 3.05) is 11.9 Å². The molecule has 152 valence electrons. The first-order valence-corrected chi connectivity index (χ1v) is 9.33. The van der Waals surface area contributed by atoms with Crippen molar-refractivity contribution in [3.63, 3.8) is 0 Å². The average molecular weight is 417 g/mol. The highest BCUT2D eigenvalue weighted by Crippen LogP contribution is 2.33. The molecule has 0 fully saturated rings. The van der Waals surface area contributed by atoms with Crippen molar-refractivity contribution in [2.45, 2.75) is 26.0 Å². The van der Waals surface area contributed by atoms with Crippen LogP contribution in [0.5, 0.6) is 11.5 Å².